The lowest BCUT2D eigenvalue weighted by Crippen LogP contribution is -2.28. The van der Waals surface area contributed by atoms with E-state index in [4.69, 9.17) is 0 Å². The van der Waals surface area contributed by atoms with Gasteiger partial charge >= 0.3 is 0 Å². The number of anilines is 1. The van der Waals surface area contributed by atoms with Crippen molar-refractivity contribution < 1.29 is 13.5 Å². The van der Waals surface area contributed by atoms with Gasteiger partial charge in [0, 0.05) is 31.2 Å². The van der Waals surface area contributed by atoms with Gasteiger partial charge in [0.15, 0.2) is 0 Å². The molecule has 5 nitrogen and oxygen atoms in total. The zero-order valence-electron chi connectivity index (χ0n) is 13.5. The summed E-state index contributed by atoms with van der Waals surface area (Å²) in [4.78, 5) is 2.98. The first-order valence-electron chi connectivity index (χ1n) is 7.37. The van der Waals surface area contributed by atoms with Crippen molar-refractivity contribution in [3.8, 4) is 0 Å². The summed E-state index contributed by atoms with van der Waals surface area (Å²) in [7, 11) is 0.297. The van der Waals surface area contributed by atoms with E-state index in [0.29, 0.717) is 5.56 Å². The highest BCUT2D eigenvalue weighted by molar-refractivity contribution is 7.91. The van der Waals surface area contributed by atoms with Crippen molar-refractivity contribution in [3.63, 3.8) is 0 Å². The minimum atomic E-state index is -3.57. The van der Waals surface area contributed by atoms with Gasteiger partial charge in [-0.25, -0.2) is 13.1 Å². The van der Waals surface area contributed by atoms with Crippen LogP contribution < -0.4 is 9.62 Å². The van der Waals surface area contributed by atoms with E-state index in [2.05, 4.69) is 4.72 Å². The van der Waals surface area contributed by atoms with Crippen molar-refractivity contribution in [2.75, 3.05) is 25.5 Å². The highest BCUT2D eigenvalue weighted by atomic mass is 32.2. The zero-order valence-corrected chi connectivity index (χ0v) is 15.1. The summed E-state index contributed by atoms with van der Waals surface area (Å²) >= 11 is 1.25. The van der Waals surface area contributed by atoms with E-state index in [-0.39, 0.29) is 10.8 Å². The summed E-state index contributed by atoms with van der Waals surface area (Å²) < 4.78 is 27.2. The smallest absolute Gasteiger partial charge is 0.250 e. The van der Waals surface area contributed by atoms with Crippen LogP contribution in [0, 0.1) is 0 Å². The maximum absolute atomic E-state index is 12.2. The van der Waals surface area contributed by atoms with E-state index in [1.807, 2.05) is 44.1 Å². The maximum atomic E-state index is 12.2. The van der Waals surface area contributed by atoms with Gasteiger partial charge in [-0.05, 0) is 36.2 Å². The number of hydrogen-bond acceptors (Lipinski definition) is 5. The lowest BCUT2D eigenvalue weighted by Gasteiger charge is -2.15. The van der Waals surface area contributed by atoms with Crippen LogP contribution in [0.3, 0.4) is 0 Å². The fourth-order valence-electron chi connectivity index (χ4n) is 2.06. The molecule has 1 aromatic carbocycles. The average molecular weight is 354 g/mol. The molecule has 0 spiro atoms. The Balaban J connectivity index is 2.01. The van der Waals surface area contributed by atoms with E-state index in [0.717, 1.165) is 17.0 Å². The molecule has 2 N–H and O–H groups in total. The Kier molecular flexibility index (Phi) is 5.80. The Bertz CT molecular complexity index is 737. The Labute approximate surface area is 141 Å². The number of aryl methyl sites for hydroxylation is 1. The Morgan fingerprint density at radius 1 is 1.17 bits per heavy atom. The van der Waals surface area contributed by atoms with E-state index in [1.54, 1.807) is 18.2 Å². The van der Waals surface area contributed by atoms with E-state index < -0.39 is 16.1 Å². The quantitative estimate of drug-likeness (QED) is 0.801. The molecular weight excluding hydrogens is 332 g/mol. The molecule has 0 fully saturated rings. The molecule has 0 radical (unpaired) electrons. The van der Waals surface area contributed by atoms with Crippen LogP contribution in [0.2, 0.25) is 0 Å². The Morgan fingerprint density at radius 2 is 1.83 bits per heavy atom. The van der Waals surface area contributed by atoms with E-state index in [1.165, 1.54) is 11.3 Å². The monoisotopic (exact) mass is 354 g/mol. The minimum Gasteiger partial charge on any atom is -0.387 e. The van der Waals surface area contributed by atoms with Crippen molar-refractivity contribution in [1.29, 1.82) is 0 Å². The Morgan fingerprint density at radius 3 is 2.35 bits per heavy atom. The molecule has 0 aliphatic heterocycles. The fourth-order valence-corrected chi connectivity index (χ4v) is 4.44. The third-order valence-electron chi connectivity index (χ3n) is 3.51. The molecule has 1 aromatic heterocycles. The van der Waals surface area contributed by atoms with Gasteiger partial charge in [0.25, 0.3) is 0 Å². The summed E-state index contributed by atoms with van der Waals surface area (Å²) in [6.07, 6.45) is -0.0762. The number of rotatable bonds is 7. The van der Waals surface area contributed by atoms with Crippen LogP contribution in [-0.4, -0.2) is 34.2 Å². The second kappa shape index (κ2) is 7.44. The number of thiophene rings is 1. The summed E-state index contributed by atoms with van der Waals surface area (Å²) in [5, 5.41) is 10.2. The maximum Gasteiger partial charge on any atom is 0.250 e. The summed E-state index contributed by atoms with van der Waals surface area (Å²) in [5.41, 5.74) is 1.70. The number of nitrogens with one attached hydrogen (secondary N) is 1. The van der Waals surface area contributed by atoms with Gasteiger partial charge in [0.1, 0.15) is 4.21 Å². The largest absolute Gasteiger partial charge is 0.387 e. The normalized spacial score (nSPS) is 13.0. The number of aliphatic hydroxyl groups excluding tert-OH is 1. The summed E-state index contributed by atoms with van der Waals surface area (Å²) in [6.45, 7) is 1.93. The fraction of sp³-hybridized carbons (Fsp3) is 0.375. The standard InChI is InChI=1S/C16H22N2O3S2/c1-4-14-9-10-16(22-14)23(20,21)17-11-15(19)12-5-7-13(8-6-12)18(2)3/h5-10,15,17,19H,4,11H2,1-3H3/t15-/m1/s1. The van der Waals surface area contributed by atoms with Gasteiger partial charge in [0.2, 0.25) is 10.0 Å². The van der Waals surface area contributed by atoms with Crippen molar-refractivity contribution in [2.24, 2.45) is 0 Å². The van der Waals surface area contributed by atoms with Crippen LogP contribution in [0.1, 0.15) is 23.5 Å². The summed E-state index contributed by atoms with van der Waals surface area (Å²) in [5.74, 6) is 0. The third kappa shape index (κ3) is 4.54. The second-order valence-electron chi connectivity index (χ2n) is 5.43. The van der Waals surface area contributed by atoms with Crippen molar-refractivity contribution in [3.05, 3.63) is 46.8 Å². The molecule has 7 heteroatoms. The number of sulfonamides is 1. The lowest BCUT2D eigenvalue weighted by molar-refractivity contribution is 0.182. The van der Waals surface area contributed by atoms with Gasteiger partial charge in [0.05, 0.1) is 6.10 Å². The van der Waals surface area contributed by atoms with Crippen molar-refractivity contribution in [1.82, 2.24) is 4.72 Å². The van der Waals surface area contributed by atoms with Crippen LogP contribution in [0.25, 0.3) is 0 Å². The molecular formula is C16H22N2O3S2. The van der Waals surface area contributed by atoms with Crippen molar-refractivity contribution in [2.45, 2.75) is 23.7 Å². The lowest BCUT2D eigenvalue weighted by atomic mass is 10.1. The average Bonchev–Trinajstić information content (AvgIpc) is 3.02. The second-order valence-corrected chi connectivity index (χ2v) is 8.59. The van der Waals surface area contributed by atoms with Crippen LogP contribution >= 0.6 is 11.3 Å². The van der Waals surface area contributed by atoms with Crippen LogP contribution in [0.5, 0.6) is 0 Å². The molecule has 23 heavy (non-hydrogen) atoms. The molecule has 0 amide bonds. The van der Waals surface area contributed by atoms with Gasteiger partial charge in [-0.3, -0.25) is 0 Å². The third-order valence-corrected chi connectivity index (χ3v) is 6.66. The number of aliphatic hydroxyl groups is 1. The molecule has 0 saturated carbocycles. The van der Waals surface area contributed by atoms with Crippen LogP contribution in [0.15, 0.2) is 40.6 Å². The molecule has 1 atom stereocenters. The van der Waals surface area contributed by atoms with Crippen LogP contribution in [-0.2, 0) is 16.4 Å². The molecule has 0 bridgehead atoms. The van der Waals surface area contributed by atoms with Gasteiger partial charge in [-0.15, -0.1) is 11.3 Å². The molecule has 2 rings (SSSR count). The van der Waals surface area contributed by atoms with E-state index in [9.17, 15) is 13.5 Å². The molecule has 126 valence electrons. The number of benzene rings is 1. The number of nitrogens with zero attached hydrogens (tertiary/aromatic N) is 1. The topological polar surface area (TPSA) is 69.6 Å². The van der Waals surface area contributed by atoms with Gasteiger partial charge in [-0.1, -0.05) is 19.1 Å². The predicted octanol–water partition coefficient (Wildman–Crippen LogP) is 2.39. The highest BCUT2D eigenvalue weighted by Crippen LogP contribution is 2.22. The van der Waals surface area contributed by atoms with Crippen molar-refractivity contribution >= 4 is 27.0 Å². The zero-order chi connectivity index (χ0) is 17.0. The predicted molar refractivity (Wildman–Crippen MR) is 94.6 cm³/mol. The SMILES string of the molecule is CCc1ccc(S(=O)(=O)NC[C@@H](O)c2ccc(N(C)C)cc2)s1. The molecule has 0 aliphatic rings. The highest BCUT2D eigenvalue weighted by Gasteiger charge is 2.18. The molecule has 0 aliphatic carbocycles. The molecule has 2 aromatic rings. The molecule has 1 heterocycles. The molecule has 0 saturated heterocycles. The first kappa shape index (κ1) is 17.9. The number of hydrogen-bond donors (Lipinski definition) is 2. The molecule has 0 unspecified atom stereocenters. The van der Waals surface area contributed by atoms with Crippen LogP contribution in [0.4, 0.5) is 5.69 Å². The first-order chi connectivity index (χ1) is 10.8. The minimum absolute atomic E-state index is 0.0526. The van der Waals surface area contributed by atoms with Gasteiger partial charge < -0.3 is 10.0 Å². The first-order valence-corrected chi connectivity index (χ1v) is 9.67. The van der Waals surface area contributed by atoms with Gasteiger partial charge in [-0.2, -0.15) is 0 Å². The summed E-state index contributed by atoms with van der Waals surface area (Å²) in [6, 6.07) is 10.8. The van der Waals surface area contributed by atoms with E-state index >= 15 is 0 Å². The Hall–Kier alpha value is -1.41.